The van der Waals surface area contributed by atoms with E-state index in [9.17, 15) is 19.8 Å². The minimum atomic E-state index is -0.858. The largest absolute Gasteiger partial charge is 0.466 e. The van der Waals surface area contributed by atoms with E-state index in [1.807, 2.05) is 6.08 Å². The Morgan fingerprint density at radius 2 is 0.649 bits per heavy atom. The molecule has 0 saturated heterocycles. The first-order valence-corrected chi connectivity index (χ1v) is 34.4. The van der Waals surface area contributed by atoms with Gasteiger partial charge in [0, 0.05) is 12.8 Å². The van der Waals surface area contributed by atoms with Crippen LogP contribution in [0.4, 0.5) is 0 Å². The number of rotatable bonds is 64. The predicted molar refractivity (Wildman–Crippen MR) is 338 cm³/mol. The van der Waals surface area contributed by atoms with E-state index in [1.165, 1.54) is 257 Å². The summed E-state index contributed by atoms with van der Waals surface area (Å²) in [6, 6.07) is -0.643. The Labute approximate surface area is 480 Å². The van der Waals surface area contributed by atoms with E-state index >= 15 is 0 Å². The Morgan fingerprint density at radius 3 is 1.00 bits per heavy atom. The van der Waals surface area contributed by atoms with Crippen LogP contribution in [0, 0.1) is 0 Å². The molecule has 0 aromatic heterocycles. The van der Waals surface area contributed by atoms with Crippen molar-refractivity contribution in [1.82, 2.24) is 5.32 Å². The highest BCUT2D eigenvalue weighted by atomic mass is 16.5. The normalized spacial score (nSPS) is 12.8. The molecule has 1 amide bonds. The lowest BCUT2D eigenvalue weighted by Gasteiger charge is -2.20. The molecule has 2 atom stereocenters. The standard InChI is InChI=1S/C71H133NO5/c1-3-5-7-9-11-13-15-17-19-21-23-24-25-26-27-29-31-35-39-43-47-51-55-59-63-69(74)68(67-73)72-70(75)64-60-56-52-48-44-40-36-32-30-34-38-42-46-50-54-58-62-66-77-71(76)65-61-57-53-49-45-41-37-33-28-22-20-18-16-14-12-10-8-6-4-2/h18,20,30,34,42,46,59,63,68-69,73-74H,3-17,19,21-29,31-33,35-41,43-45,47-58,60-62,64-67H2,1-2H3,(H,72,75)/b20-18-,34-30-,46-42-,63-59+. The van der Waals surface area contributed by atoms with Gasteiger partial charge >= 0.3 is 5.97 Å². The molecule has 0 aromatic carbocycles. The summed E-state index contributed by atoms with van der Waals surface area (Å²) < 4.78 is 5.48. The van der Waals surface area contributed by atoms with E-state index in [0.717, 1.165) is 83.5 Å². The number of ether oxygens (including phenoxy) is 1. The number of hydrogen-bond acceptors (Lipinski definition) is 5. The number of amides is 1. The zero-order valence-electron chi connectivity index (χ0n) is 51.7. The number of aliphatic hydroxyl groups excluding tert-OH is 2. The highest BCUT2D eigenvalue weighted by molar-refractivity contribution is 5.76. The number of hydrogen-bond donors (Lipinski definition) is 3. The number of nitrogens with one attached hydrogen (secondary N) is 1. The summed E-state index contributed by atoms with van der Waals surface area (Å²) in [6.45, 7) is 4.88. The van der Waals surface area contributed by atoms with Crippen molar-refractivity contribution in [3.8, 4) is 0 Å². The van der Waals surface area contributed by atoms with E-state index in [0.29, 0.717) is 19.4 Å². The molecule has 0 heterocycles. The predicted octanol–water partition coefficient (Wildman–Crippen LogP) is 22.1. The molecule has 452 valence electrons. The lowest BCUT2D eigenvalue weighted by atomic mass is 10.0. The molecule has 0 aliphatic rings. The molecule has 6 heteroatoms. The minimum absolute atomic E-state index is 0.0164. The fourth-order valence-electron chi connectivity index (χ4n) is 10.5. The molecule has 2 unspecified atom stereocenters. The highest BCUT2D eigenvalue weighted by Gasteiger charge is 2.18. The Hall–Kier alpha value is -2.18. The first kappa shape index (κ1) is 74.8. The number of allylic oxidation sites excluding steroid dienone is 7. The van der Waals surface area contributed by atoms with E-state index in [4.69, 9.17) is 4.74 Å². The van der Waals surface area contributed by atoms with Gasteiger partial charge in [-0.25, -0.2) is 0 Å². The summed E-state index contributed by atoms with van der Waals surface area (Å²) in [5.41, 5.74) is 0. The first-order valence-electron chi connectivity index (χ1n) is 34.4. The Bertz CT molecular complexity index is 1290. The van der Waals surface area contributed by atoms with Crippen LogP contribution in [0.1, 0.15) is 367 Å². The maximum Gasteiger partial charge on any atom is 0.305 e. The van der Waals surface area contributed by atoms with Gasteiger partial charge in [-0.1, -0.05) is 306 Å². The quantitative estimate of drug-likeness (QED) is 0.0320. The van der Waals surface area contributed by atoms with Crippen LogP contribution < -0.4 is 5.32 Å². The van der Waals surface area contributed by atoms with Gasteiger partial charge in [0.1, 0.15) is 0 Å². The number of esters is 1. The smallest absolute Gasteiger partial charge is 0.305 e. The Kier molecular flexibility index (Phi) is 64.5. The van der Waals surface area contributed by atoms with Gasteiger partial charge in [0.15, 0.2) is 0 Å². The number of aliphatic hydroxyl groups is 2. The molecule has 0 aliphatic carbocycles. The third-order valence-electron chi connectivity index (χ3n) is 15.8. The van der Waals surface area contributed by atoms with E-state index in [-0.39, 0.29) is 18.5 Å². The molecular weight excluding hydrogens is 947 g/mol. The SMILES string of the molecule is CCCCCCCC/C=C\CCCCCCCCCCCC(=O)OCCCCC/C=C\C/C=C\CCCCCCCCCC(=O)NC(CO)C(O)/C=C/CCCCCCCCCCCCCCCCCCCCCCCC. The lowest BCUT2D eigenvalue weighted by Crippen LogP contribution is -2.45. The van der Waals surface area contributed by atoms with Crippen LogP contribution in [-0.4, -0.2) is 47.4 Å². The fourth-order valence-corrected chi connectivity index (χ4v) is 10.5. The zero-order valence-corrected chi connectivity index (χ0v) is 51.7. The van der Waals surface area contributed by atoms with Crippen LogP contribution >= 0.6 is 0 Å². The Balaban J connectivity index is 3.50. The van der Waals surface area contributed by atoms with Crippen molar-refractivity contribution in [3.05, 3.63) is 48.6 Å². The zero-order chi connectivity index (χ0) is 55.7. The summed E-state index contributed by atoms with van der Waals surface area (Å²) in [4.78, 5) is 24.6. The van der Waals surface area contributed by atoms with Crippen LogP contribution in [0.3, 0.4) is 0 Å². The van der Waals surface area contributed by atoms with Gasteiger partial charge in [-0.2, -0.15) is 0 Å². The molecule has 77 heavy (non-hydrogen) atoms. The van der Waals surface area contributed by atoms with Crippen LogP contribution in [0.25, 0.3) is 0 Å². The molecular formula is C71H133NO5. The van der Waals surface area contributed by atoms with Gasteiger partial charge in [-0.3, -0.25) is 9.59 Å². The molecule has 0 bridgehead atoms. The average Bonchev–Trinajstić information content (AvgIpc) is 3.43. The Morgan fingerprint density at radius 1 is 0.364 bits per heavy atom. The molecule has 0 spiro atoms. The van der Waals surface area contributed by atoms with E-state index in [2.05, 4.69) is 55.6 Å². The number of unbranched alkanes of at least 4 members (excludes halogenated alkanes) is 47. The van der Waals surface area contributed by atoms with Gasteiger partial charge in [0.2, 0.25) is 5.91 Å². The van der Waals surface area contributed by atoms with Crippen molar-refractivity contribution in [2.75, 3.05) is 13.2 Å². The van der Waals surface area contributed by atoms with Crippen molar-refractivity contribution < 1.29 is 24.5 Å². The molecule has 0 aliphatic heterocycles. The van der Waals surface area contributed by atoms with Crippen molar-refractivity contribution in [3.63, 3.8) is 0 Å². The van der Waals surface area contributed by atoms with Crippen LogP contribution in [-0.2, 0) is 14.3 Å². The summed E-state index contributed by atoms with van der Waals surface area (Å²) in [5.74, 6) is -0.0976. The maximum absolute atomic E-state index is 12.5. The summed E-state index contributed by atoms with van der Waals surface area (Å²) >= 11 is 0. The lowest BCUT2D eigenvalue weighted by molar-refractivity contribution is -0.143. The van der Waals surface area contributed by atoms with Crippen molar-refractivity contribution in [2.24, 2.45) is 0 Å². The highest BCUT2D eigenvalue weighted by Crippen LogP contribution is 2.18. The second kappa shape index (κ2) is 66.3. The third-order valence-corrected chi connectivity index (χ3v) is 15.8. The monoisotopic (exact) mass is 1080 g/mol. The summed E-state index contributed by atoms with van der Waals surface area (Å²) in [7, 11) is 0. The number of carbonyl (C=O) groups excluding carboxylic acids is 2. The maximum atomic E-state index is 12.5. The van der Waals surface area contributed by atoms with Crippen LogP contribution in [0.5, 0.6) is 0 Å². The molecule has 0 rings (SSSR count). The molecule has 0 saturated carbocycles. The van der Waals surface area contributed by atoms with Crippen molar-refractivity contribution in [2.45, 2.75) is 379 Å². The third kappa shape index (κ3) is 62.9. The second-order valence-electron chi connectivity index (χ2n) is 23.5. The van der Waals surface area contributed by atoms with Gasteiger partial charge in [-0.15, -0.1) is 0 Å². The fraction of sp³-hybridized carbons (Fsp3) is 0.859. The first-order chi connectivity index (χ1) is 38.0. The molecule has 0 aromatic rings. The van der Waals surface area contributed by atoms with Gasteiger partial charge in [0.05, 0.1) is 25.4 Å². The second-order valence-corrected chi connectivity index (χ2v) is 23.5. The molecule has 6 nitrogen and oxygen atoms in total. The van der Waals surface area contributed by atoms with E-state index < -0.39 is 12.1 Å². The summed E-state index contributed by atoms with van der Waals surface area (Å²) in [6.07, 6.45) is 86.0. The molecule has 0 fully saturated rings. The van der Waals surface area contributed by atoms with Crippen molar-refractivity contribution >= 4 is 11.9 Å². The number of carbonyl (C=O) groups is 2. The van der Waals surface area contributed by atoms with Gasteiger partial charge in [0.25, 0.3) is 0 Å². The topological polar surface area (TPSA) is 95.9 Å². The van der Waals surface area contributed by atoms with Crippen LogP contribution in [0.15, 0.2) is 48.6 Å². The summed E-state index contributed by atoms with van der Waals surface area (Å²) in [5, 5.41) is 23.2. The molecule has 0 radical (unpaired) electrons. The van der Waals surface area contributed by atoms with Crippen LogP contribution in [0.2, 0.25) is 0 Å². The minimum Gasteiger partial charge on any atom is -0.466 e. The van der Waals surface area contributed by atoms with Gasteiger partial charge in [-0.05, 0) is 96.3 Å². The van der Waals surface area contributed by atoms with Gasteiger partial charge < -0.3 is 20.3 Å². The molecule has 3 N–H and O–H groups in total. The van der Waals surface area contributed by atoms with Crippen molar-refractivity contribution in [1.29, 1.82) is 0 Å². The average molecular weight is 1080 g/mol. The van der Waals surface area contributed by atoms with E-state index in [1.54, 1.807) is 6.08 Å².